The molecule has 3 rings (SSSR count). The Morgan fingerprint density at radius 3 is 2.66 bits per heavy atom. The molecule has 7 nitrogen and oxygen atoms in total. The number of piperidine rings is 1. The first kappa shape index (κ1) is 21.0. The van der Waals surface area contributed by atoms with Crippen molar-refractivity contribution >= 4 is 22.6 Å². The van der Waals surface area contributed by atoms with Crippen LogP contribution in [0.4, 0.5) is 0 Å². The van der Waals surface area contributed by atoms with Gasteiger partial charge >= 0.3 is 5.97 Å². The largest absolute Gasteiger partial charge is 0.451 e. The van der Waals surface area contributed by atoms with Crippen molar-refractivity contribution in [3.8, 4) is 0 Å². The Kier molecular flexibility index (Phi) is 7.01. The number of ether oxygens (including phenoxy) is 1. The minimum Gasteiger partial charge on any atom is -0.451 e. The van der Waals surface area contributed by atoms with E-state index >= 15 is 0 Å². The Hall–Kier alpha value is -2.70. The highest BCUT2D eigenvalue weighted by molar-refractivity contribution is 6.02. The number of amides is 1. The van der Waals surface area contributed by atoms with Crippen LogP contribution in [0, 0.1) is 0 Å². The van der Waals surface area contributed by atoms with Gasteiger partial charge in [-0.3, -0.25) is 9.59 Å². The Labute approximate surface area is 170 Å². The molecular weight excluding hydrogens is 370 g/mol. The number of rotatable bonds is 7. The number of esters is 1. The zero-order valence-corrected chi connectivity index (χ0v) is 17.2. The third-order valence-corrected chi connectivity index (χ3v) is 5.48. The summed E-state index contributed by atoms with van der Waals surface area (Å²) in [7, 11) is 0. The monoisotopic (exact) mass is 399 g/mol. The zero-order valence-electron chi connectivity index (χ0n) is 17.2. The van der Waals surface area contributed by atoms with Crippen LogP contribution in [-0.4, -0.2) is 45.8 Å². The quantitative estimate of drug-likeness (QED) is 0.528. The van der Waals surface area contributed by atoms with Gasteiger partial charge in [-0.1, -0.05) is 38.0 Å². The Morgan fingerprint density at radius 2 is 1.93 bits per heavy atom. The van der Waals surface area contributed by atoms with Crippen LogP contribution in [0.1, 0.15) is 62.9 Å². The third-order valence-electron chi connectivity index (χ3n) is 5.48. The highest BCUT2D eigenvalue weighted by Gasteiger charge is 2.25. The fourth-order valence-electron chi connectivity index (χ4n) is 3.80. The minimum absolute atomic E-state index is 0.0798. The Morgan fingerprint density at radius 1 is 1.17 bits per heavy atom. The molecule has 2 aromatic rings. The van der Waals surface area contributed by atoms with Crippen LogP contribution >= 0.6 is 0 Å². The van der Waals surface area contributed by atoms with Crippen molar-refractivity contribution in [2.75, 3.05) is 13.2 Å². The van der Waals surface area contributed by atoms with E-state index in [1.807, 2.05) is 6.92 Å². The number of carbonyl (C=O) groups excluding carboxylic acids is 2. The molecule has 1 aliphatic heterocycles. The zero-order chi connectivity index (χ0) is 20.8. The minimum atomic E-state index is -0.677. The first-order valence-corrected chi connectivity index (χ1v) is 10.5. The molecule has 0 bridgehead atoms. The van der Waals surface area contributed by atoms with Crippen LogP contribution in [0.5, 0.6) is 0 Å². The number of benzene rings is 1. The number of nitrogens with zero attached hydrogens (tertiary/aromatic N) is 3. The third kappa shape index (κ3) is 4.83. The van der Waals surface area contributed by atoms with Gasteiger partial charge < -0.3 is 9.64 Å². The lowest BCUT2D eigenvalue weighted by Crippen LogP contribution is -2.44. The molecule has 7 heteroatoms. The molecule has 1 unspecified atom stereocenters. The van der Waals surface area contributed by atoms with Gasteiger partial charge in [0, 0.05) is 24.5 Å². The van der Waals surface area contributed by atoms with E-state index in [9.17, 15) is 14.4 Å². The van der Waals surface area contributed by atoms with Crippen LogP contribution in [0.15, 0.2) is 29.1 Å². The molecule has 1 amide bonds. The molecule has 0 aliphatic carbocycles. The van der Waals surface area contributed by atoms with Crippen LogP contribution in [0.3, 0.4) is 0 Å². The summed E-state index contributed by atoms with van der Waals surface area (Å²) in [5.41, 5.74) is -0.136. The van der Waals surface area contributed by atoms with E-state index in [1.165, 1.54) is 4.68 Å². The number of aryl methyl sites for hydroxylation is 1. The average Bonchev–Trinajstić information content (AvgIpc) is 2.74. The van der Waals surface area contributed by atoms with Crippen LogP contribution in [0.25, 0.3) is 10.8 Å². The van der Waals surface area contributed by atoms with E-state index < -0.39 is 5.97 Å². The van der Waals surface area contributed by atoms with Crippen molar-refractivity contribution in [3.05, 3.63) is 40.3 Å². The molecule has 0 saturated carbocycles. The second kappa shape index (κ2) is 9.67. The lowest BCUT2D eigenvalue weighted by atomic mass is 10.0. The van der Waals surface area contributed by atoms with Crippen LogP contribution < -0.4 is 5.56 Å². The predicted molar refractivity (Wildman–Crippen MR) is 111 cm³/mol. The van der Waals surface area contributed by atoms with Gasteiger partial charge in [-0.2, -0.15) is 5.10 Å². The second-order valence-electron chi connectivity index (χ2n) is 7.64. The number of hydrogen-bond acceptors (Lipinski definition) is 5. The fourth-order valence-corrected chi connectivity index (χ4v) is 3.80. The van der Waals surface area contributed by atoms with Crippen molar-refractivity contribution in [3.63, 3.8) is 0 Å². The van der Waals surface area contributed by atoms with Gasteiger partial charge in [0.2, 0.25) is 0 Å². The van der Waals surface area contributed by atoms with Crippen molar-refractivity contribution in [1.29, 1.82) is 0 Å². The van der Waals surface area contributed by atoms with Crippen molar-refractivity contribution in [2.45, 2.75) is 65.0 Å². The highest BCUT2D eigenvalue weighted by Crippen LogP contribution is 2.17. The normalized spacial score (nSPS) is 16.8. The standard InChI is InChI=1S/C22H29N3O4/c1-3-4-8-14-25-21(27)18-12-6-5-11-17(18)20(23-25)22(28)29-15-19(26)24-13-9-7-10-16(24)2/h5-6,11-12,16H,3-4,7-10,13-15H2,1-2H3. The summed E-state index contributed by atoms with van der Waals surface area (Å²) in [4.78, 5) is 39.7. The van der Waals surface area contributed by atoms with E-state index in [2.05, 4.69) is 12.0 Å². The molecule has 1 aromatic heterocycles. The highest BCUT2D eigenvalue weighted by atomic mass is 16.5. The SMILES string of the molecule is CCCCCn1nc(C(=O)OCC(=O)N2CCCCC2C)c2ccccc2c1=O. The van der Waals surface area contributed by atoms with E-state index in [4.69, 9.17) is 4.74 Å². The Balaban J connectivity index is 1.80. The smallest absolute Gasteiger partial charge is 0.359 e. The molecule has 29 heavy (non-hydrogen) atoms. The summed E-state index contributed by atoms with van der Waals surface area (Å²) in [5, 5.41) is 5.17. The Bertz CT molecular complexity index is 937. The number of hydrogen-bond donors (Lipinski definition) is 0. The maximum atomic E-state index is 12.8. The van der Waals surface area contributed by atoms with Crippen LogP contribution in [0.2, 0.25) is 0 Å². The number of fused-ring (bicyclic) bond motifs is 1. The van der Waals surface area contributed by atoms with Gasteiger partial charge in [0.05, 0.1) is 5.39 Å². The topological polar surface area (TPSA) is 81.5 Å². The molecule has 1 aromatic carbocycles. The molecule has 1 aliphatic rings. The van der Waals surface area contributed by atoms with Crippen molar-refractivity contribution in [1.82, 2.24) is 14.7 Å². The molecule has 0 radical (unpaired) electrons. The maximum Gasteiger partial charge on any atom is 0.359 e. The van der Waals surface area contributed by atoms with Gasteiger partial charge in [-0.05, 0) is 38.7 Å². The second-order valence-corrected chi connectivity index (χ2v) is 7.64. The predicted octanol–water partition coefficient (Wildman–Crippen LogP) is 3.14. The first-order valence-electron chi connectivity index (χ1n) is 10.5. The van der Waals surface area contributed by atoms with Gasteiger partial charge in [-0.25, -0.2) is 9.48 Å². The molecule has 0 N–H and O–H groups in total. The molecule has 0 spiro atoms. The van der Waals surface area contributed by atoms with Gasteiger partial charge in [0.1, 0.15) is 0 Å². The lowest BCUT2D eigenvalue weighted by Gasteiger charge is -2.33. The molecular formula is C22H29N3O4. The molecule has 1 fully saturated rings. The summed E-state index contributed by atoms with van der Waals surface area (Å²) in [5.74, 6) is -0.866. The lowest BCUT2D eigenvalue weighted by molar-refractivity contribution is -0.137. The number of unbranched alkanes of at least 4 members (excludes halogenated alkanes) is 2. The number of likely N-dealkylation sites (tertiary alicyclic amines) is 1. The van der Waals surface area contributed by atoms with Gasteiger partial charge in [-0.15, -0.1) is 0 Å². The fraction of sp³-hybridized carbons (Fsp3) is 0.545. The first-order chi connectivity index (χ1) is 14.0. The van der Waals surface area contributed by atoms with Crippen molar-refractivity contribution in [2.24, 2.45) is 0 Å². The summed E-state index contributed by atoms with van der Waals surface area (Å²) >= 11 is 0. The summed E-state index contributed by atoms with van der Waals surface area (Å²) in [6, 6.07) is 7.05. The molecule has 2 heterocycles. The van der Waals surface area contributed by atoms with E-state index in [0.29, 0.717) is 23.9 Å². The maximum absolute atomic E-state index is 12.8. The van der Waals surface area contributed by atoms with Crippen molar-refractivity contribution < 1.29 is 14.3 Å². The summed E-state index contributed by atoms with van der Waals surface area (Å²) in [6.07, 6.45) is 5.85. The van der Waals surface area contributed by atoms with E-state index in [0.717, 1.165) is 38.5 Å². The molecule has 1 atom stereocenters. The molecule has 156 valence electrons. The average molecular weight is 399 g/mol. The van der Waals surface area contributed by atoms with Gasteiger partial charge in [0.15, 0.2) is 12.3 Å². The number of carbonyl (C=O) groups is 2. The number of aromatic nitrogens is 2. The van der Waals surface area contributed by atoms with Crippen LogP contribution in [-0.2, 0) is 16.1 Å². The summed E-state index contributed by atoms with van der Waals surface area (Å²) < 4.78 is 6.65. The van der Waals surface area contributed by atoms with E-state index in [-0.39, 0.29) is 29.8 Å². The van der Waals surface area contributed by atoms with Gasteiger partial charge in [0.25, 0.3) is 11.5 Å². The summed E-state index contributed by atoms with van der Waals surface area (Å²) in [6.45, 7) is 4.93. The van der Waals surface area contributed by atoms with E-state index in [1.54, 1.807) is 29.2 Å². The molecule has 1 saturated heterocycles.